The van der Waals surface area contributed by atoms with E-state index in [1.807, 2.05) is 4.90 Å². The Balaban J connectivity index is 1.49. The van der Waals surface area contributed by atoms with Crippen LogP contribution >= 0.6 is 0 Å². The first kappa shape index (κ1) is 26.8. The summed E-state index contributed by atoms with van der Waals surface area (Å²) in [5.41, 5.74) is 6.22. The van der Waals surface area contributed by atoms with Gasteiger partial charge in [-0.1, -0.05) is 0 Å². The predicted octanol–water partition coefficient (Wildman–Crippen LogP) is -1.82. The van der Waals surface area contributed by atoms with Crippen molar-refractivity contribution in [1.29, 1.82) is 0 Å². The number of piperidine rings is 1. The highest BCUT2D eigenvalue weighted by atomic mass is 16.5. The number of carbonyl (C=O) groups excluding carboxylic acids is 4. The highest BCUT2D eigenvalue weighted by molar-refractivity contribution is 5.89. The van der Waals surface area contributed by atoms with Crippen LogP contribution in [0.5, 0.6) is 0 Å². The van der Waals surface area contributed by atoms with Gasteiger partial charge in [-0.05, 0) is 24.7 Å². The van der Waals surface area contributed by atoms with Crippen LogP contribution in [0.3, 0.4) is 0 Å². The number of rotatable bonds is 2. The molecule has 4 saturated heterocycles. The van der Waals surface area contributed by atoms with Crippen molar-refractivity contribution in [2.24, 2.45) is 17.6 Å². The van der Waals surface area contributed by atoms with Crippen molar-refractivity contribution in [2.75, 3.05) is 78.9 Å². The SMILES string of the molecule is N[C@@H]1CCN2C(=O)C[C@H]3CN(CC[C@H]3CC(=O)N3CCOCC3)C(=O)COCCOCCNC(=O)[C@H]12. The third kappa shape index (κ3) is 6.72. The molecule has 0 aromatic heterocycles. The lowest BCUT2D eigenvalue weighted by molar-refractivity contribution is -0.144. The Hall–Kier alpha value is -2.28. The summed E-state index contributed by atoms with van der Waals surface area (Å²) in [6.07, 6.45) is 1.67. The number of fused-ring (bicyclic) bond motifs is 3. The van der Waals surface area contributed by atoms with Gasteiger partial charge in [0, 0.05) is 58.2 Å². The molecule has 4 heterocycles. The standard InChI is InChI=1S/C24H39N5O7/c25-19-2-5-29-21(31)14-18-15-28(4-1-17(18)13-20(30)27-6-9-35-10-7-27)22(32)16-36-12-11-34-8-3-26-24(33)23(19)29/h17-19,23H,1-16,25H2,(H,26,33)/t17-,18-,19+,23-/m0/s1. The number of morpholine rings is 1. The van der Waals surface area contributed by atoms with Crippen LogP contribution < -0.4 is 11.1 Å². The van der Waals surface area contributed by atoms with E-state index in [1.165, 1.54) is 0 Å². The minimum absolute atomic E-state index is 0.0340. The molecule has 4 fully saturated rings. The second-order valence-electron chi connectivity index (χ2n) is 9.99. The van der Waals surface area contributed by atoms with E-state index in [0.29, 0.717) is 85.0 Å². The summed E-state index contributed by atoms with van der Waals surface area (Å²) in [6.45, 7) is 4.64. The highest BCUT2D eigenvalue weighted by Gasteiger charge is 2.42. The number of hydrogen-bond donors (Lipinski definition) is 2. The molecule has 0 radical (unpaired) electrons. The highest BCUT2D eigenvalue weighted by Crippen LogP contribution is 2.32. The number of nitrogens with one attached hydrogen (secondary N) is 1. The van der Waals surface area contributed by atoms with Crippen LogP contribution in [0.15, 0.2) is 0 Å². The fourth-order valence-corrected chi connectivity index (χ4v) is 5.57. The maximum Gasteiger partial charge on any atom is 0.248 e. The molecule has 12 heteroatoms. The third-order valence-corrected chi connectivity index (χ3v) is 7.66. The smallest absolute Gasteiger partial charge is 0.248 e. The topological polar surface area (TPSA) is 144 Å². The number of nitrogens with zero attached hydrogens (tertiary/aromatic N) is 3. The van der Waals surface area contributed by atoms with Gasteiger partial charge in [-0.2, -0.15) is 0 Å². The molecule has 12 nitrogen and oxygen atoms in total. The fourth-order valence-electron chi connectivity index (χ4n) is 5.57. The minimum atomic E-state index is -0.730. The van der Waals surface area contributed by atoms with Gasteiger partial charge in [0.1, 0.15) is 12.6 Å². The second kappa shape index (κ2) is 12.8. The van der Waals surface area contributed by atoms with Gasteiger partial charge in [-0.25, -0.2) is 0 Å². The van der Waals surface area contributed by atoms with Gasteiger partial charge >= 0.3 is 0 Å². The molecule has 0 aromatic rings. The quantitative estimate of drug-likeness (QED) is 0.443. The van der Waals surface area contributed by atoms with Crippen LogP contribution in [0.2, 0.25) is 0 Å². The summed E-state index contributed by atoms with van der Waals surface area (Å²) in [4.78, 5) is 57.3. The van der Waals surface area contributed by atoms with E-state index in [2.05, 4.69) is 5.32 Å². The summed E-state index contributed by atoms with van der Waals surface area (Å²) in [6, 6.07) is -1.17. The van der Waals surface area contributed by atoms with Crippen molar-refractivity contribution in [1.82, 2.24) is 20.0 Å². The molecular weight excluding hydrogens is 470 g/mol. The molecule has 0 unspecified atom stereocenters. The van der Waals surface area contributed by atoms with Crippen molar-refractivity contribution < 1.29 is 33.4 Å². The molecule has 4 aliphatic rings. The molecule has 202 valence electrons. The zero-order valence-electron chi connectivity index (χ0n) is 20.9. The van der Waals surface area contributed by atoms with E-state index in [1.54, 1.807) is 9.80 Å². The number of amides is 4. The van der Waals surface area contributed by atoms with Gasteiger partial charge in [0.15, 0.2) is 0 Å². The van der Waals surface area contributed by atoms with E-state index in [4.69, 9.17) is 19.9 Å². The third-order valence-electron chi connectivity index (χ3n) is 7.66. The van der Waals surface area contributed by atoms with Crippen LogP contribution in [-0.2, 0) is 33.4 Å². The zero-order chi connectivity index (χ0) is 25.5. The first-order chi connectivity index (χ1) is 17.4. The van der Waals surface area contributed by atoms with Crippen molar-refractivity contribution in [3.63, 3.8) is 0 Å². The molecule has 0 spiro atoms. The van der Waals surface area contributed by atoms with Crippen molar-refractivity contribution in [3.05, 3.63) is 0 Å². The molecule has 4 aliphatic heterocycles. The van der Waals surface area contributed by atoms with E-state index < -0.39 is 12.1 Å². The Kier molecular flexibility index (Phi) is 9.52. The summed E-state index contributed by atoms with van der Waals surface area (Å²) in [5, 5.41) is 2.82. The molecular formula is C24H39N5O7. The maximum atomic E-state index is 13.5. The normalized spacial score (nSPS) is 31.6. The van der Waals surface area contributed by atoms with E-state index >= 15 is 0 Å². The monoisotopic (exact) mass is 509 g/mol. The van der Waals surface area contributed by atoms with Gasteiger partial charge in [0.25, 0.3) is 0 Å². The molecule has 0 aromatic carbocycles. The largest absolute Gasteiger partial charge is 0.378 e. The lowest BCUT2D eigenvalue weighted by Gasteiger charge is -2.40. The molecule has 4 amide bonds. The summed E-state index contributed by atoms with van der Waals surface area (Å²) >= 11 is 0. The van der Waals surface area contributed by atoms with Crippen LogP contribution in [0, 0.1) is 11.8 Å². The van der Waals surface area contributed by atoms with Gasteiger partial charge in [-0.15, -0.1) is 0 Å². The number of ether oxygens (including phenoxy) is 3. The van der Waals surface area contributed by atoms with E-state index in [0.717, 1.165) is 0 Å². The molecule has 0 saturated carbocycles. The van der Waals surface area contributed by atoms with E-state index in [-0.39, 0.29) is 55.1 Å². The zero-order valence-corrected chi connectivity index (χ0v) is 20.9. The minimum Gasteiger partial charge on any atom is -0.378 e. The lowest BCUT2D eigenvalue weighted by atomic mass is 9.80. The second-order valence-corrected chi connectivity index (χ2v) is 9.99. The van der Waals surface area contributed by atoms with Gasteiger partial charge in [0.05, 0.1) is 33.0 Å². The van der Waals surface area contributed by atoms with Crippen LogP contribution in [-0.4, -0.2) is 129 Å². The van der Waals surface area contributed by atoms with Crippen LogP contribution in [0.4, 0.5) is 0 Å². The first-order valence-corrected chi connectivity index (χ1v) is 13.1. The average molecular weight is 510 g/mol. The van der Waals surface area contributed by atoms with Crippen LogP contribution in [0.25, 0.3) is 0 Å². The van der Waals surface area contributed by atoms with Crippen molar-refractivity contribution in [2.45, 2.75) is 37.8 Å². The molecule has 0 aliphatic carbocycles. The molecule has 36 heavy (non-hydrogen) atoms. The molecule has 4 rings (SSSR count). The first-order valence-electron chi connectivity index (χ1n) is 13.1. The van der Waals surface area contributed by atoms with Crippen LogP contribution in [0.1, 0.15) is 25.7 Å². The predicted molar refractivity (Wildman–Crippen MR) is 128 cm³/mol. The molecule has 3 N–H and O–H groups in total. The molecule has 4 atom stereocenters. The average Bonchev–Trinajstić information content (AvgIpc) is 3.27. The Morgan fingerprint density at radius 3 is 2.47 bits per heavy atom. The number of nitrogens with two attached hydrogens (primary N) is 1. The lowest BCUT2D eigenvalue weighted by Crippen LogP contribution is -2.54. The Morgan fingerprint density at radius 1 is 0.917 bits per heavy atom. The fraction of sp³-hybridized carbons (Fsp3) is 0.833. The number of carbonyl (C=O) groups is 4. The summed E-state index contributed by atoms with van der Waals surface area (Å²) in [5.74, 6) is -0.747. The number of hydrogen-bond acceptors (Lipinski definition) is 8. The summed E-state index contributed by atoms with van der Waals surface area (Å²) < 4.78 is 16.3. The Morgan fingerprint density at radius 2 is 1.67 bits per heavy atom. The maximum absolute atomic E-state index is 13.5. The Bertz CT molecular complexity index is 806. The van der Waals surface area contributed by atoms with E-state index in [9.17, 15) is 19.2 Å². The van der Waals surface area contributed by atoms with Gasteiger partial charge in [0.2, 0.25) is 23.6 Å². The summed E-state index contributed by atoms with van der Waals surface area (Å²) in [7, 11) is 0. The molecule has 2 bridgehead atoms. The van der Waals surface area contributed by atoms with Crippen molar-refractivity contribution in [3.8, 4) is 0 Å². The van der Waals surface area contributed by atoms with Gasteiger partial charge in [-0.3, -0.25) is 19.2 Å². The van der Waals surface area contributed by atoms with Crippen molar-refractivity contribution >= 4 is 23.6 Å². The van der Waals surface area contributed by atoms with Gasteiger partial charge < -0.3 is 40.0 Å². The Labute approximate surface area is 211 Å².